The van der Waals surface area contributed by atoms with Crippen molar-refractivity contribution in [2.75, 3.05) is 25.4 Å². The van der Waals surface area contributed by atoms with E-state index in [0.717, 1.165) is 17.1 Å². The van der Waals surface area contributed by atoms with E-state index in [4.69, 9.17) is 14.2 Å². The van der Waals surface area contributed by atoms with Crippen LogP contribution in [0.25, 0.3) is 0 Å². The van der Waals surface area contributed by atoms with Gasteiger partial charge in [0.1, 0.15) is 11.5 Å². The minimum absolute atomic E-state index is 0.226. The van der Waals surface area contributed by atoms with Gasteiger partial charge in [0, 0.05) is 11.9 Å². The Bertz CT molecular complexity index is 499. The Hall–Kier alpha value is -1.07. The molecule has 0 bridgehead atoms. The number of ether oxygens (including phenoxy) is 3. The fourth-order valence-corrected chi connectivity index (χ4v) is 1.87. The van der Waals surface area contributed by atoms with Crippen molar-refractivity contribution in [3.05, 3.63) is 60.2 Å². The third-order valence-corrected chi connectivity index (χ3v) is 2.75. The third-order valence-electron chi connectivity index (χ3n) is 2.75. The largest absolute Gasteiger partial charge is 0.457 e. The summed E-state index contributed by atoms with van der Waals surface area (Å²) in [4.78, 5) is 0. The molecule has 1 aliphatic rings. The van der Waals surface area contributed by atoms with Crippen LogP contribution in [0.2, 0.25) is 0 Å². The van der Waals surface area contributed by atoms with Crippen LogP contribution in [0.4, 0.5) is 0 Å². The van der Waals surface area contributed by atoms with Gasteiger partial charge >= 0.3 is 0 Å². The number of hydrogen-bond donors (Lipinski definition) is 0. The molecule has 1 fully saturated rings. The third kappa shape index (κ3) is 5.97. The summed E-state index contributed by atoms with van der Waals surface area (Å²) < 4.78 is 16.6. The molecule has 0 amide bonds. The standard InChI is InChI=1S/C15H14O3.CH3Br.CH3Cl/c1-2-4-13(5-3-1)18-14-8-6-12(7-9-14)15-16-10-11-17-15;2*1-2/h1-9,15H,10-11H2;2*1H3. The van der Waals surface area contributed by atoms with Crippen LogP contribution in [-0.2, 0) is 9.47 Å². The van der Waals surface area contributed by atoms with E-state index in [2.05, 4.69) is 27.5 Å². The van der Waals surface area contributed by atoms with E-state index >= 15 is 0 Å². The Balaban J connectivity index is 0.000000561. The zero-order chi connectivity index (χ0) is 16.2. The van der Waals surface area contributed by atoms with Gasteiger partial charge in [-0.3, -0.25) is 0 Å². The minimum Gasteiger partial charge on any atom is -0.457 e. The normalized spacial score (nSPS) is 13.5. The first-order valence-corrected chi connectivity index (χ1v) is 9.08. The van der Waals surface area contributed by atoms with Crippen LogP contribution >= 0.6 is 27.5 Å². The molecule has 3 nitrogen and oxygen atoms in total. The highest BCUT2D eigenvalue weighted by molar-refractivity contribution is 9.08. The summed E-state index contributed by atoms with van der Waals surface area (Å²) in [5, 5.41) is 0. The molecule has 2 aromatic carbocycles. The van der Waals surface area contributed by atoms with E-state index in [0.29, 0.717) is 13.2 Å². The lowest BCUT2D eigenvalue weighted by molar-refractivity contribution is -0.0441. The second kappa shape index (κ2) is 11.5. The van der Waals surface area contributed by atoms with Crippen LogP contribution in [0.3, 0.4) is 0 Å². The van der Waals surface area contributed by atoms with Crippen LogP contribution in [-0.4, -0.2) is 25.4 Å². The maximum Gasteiger partial charge on any atom is 0.184 e. The first-order valence-electron chi connectivity index (χ1n) is 6.73. The molecule has 0 spiro atoms. The monoisotopic (exact) mass is 386 g/mol. The average Bonchev–Trinajstić information content (AvgIpc) is 3.15. The lowest BCUT2D eigenvalue weighted by Crippen LogP contribution is -1.97. The van der Waals surface area contributed by atoms with E-state index in [1.807, 2.05) is 60.4 Å². The molecule has 0 N–H and O–H groups in total. The fourth-order valence-electron chi connectivity index (χ4n) is 1.87. The van der Waals surface area contributed by atoms with E-state index in [1.54, 1.807) is 0 Å². The molecule has 0 unspecified atom stereocenters. The van der Waals surface area contributed by atoms with Gasteiger partial charge in [0.15, 0.2) is 6.29 Å². The molecule has 3 rings (SSSR count). The summed E-state index contributed by atoms with van der Waals surface area (Å²) in [5.41, 5.74) is 1.02. The number of rotatable bonds is 3. The van der Waals surface area contributed by atoms with Crippen LogP contribution < -0.4 is 4.74 Å². The zero-order valence-corrected chi connectivity index (χ0v) is 15.0. The van der Waals surface area contributed by atoms with Crippen molar-refractivity contribution in [2.45, 2.75) is 6.29 Å². The maximum absolute atomic E-state index is 5.71. The Morgan fingerprint density at radius 1 is 0.864 bits per heavy atom. The van der Waals surface area contributed by atoms with Crippen molar-refractivity contribution >= 4 is 27.5 Å². The lowest BCUT2D eigenvalue weighted by atomic mass is 10.2. The van der Waals surface area contributed by atoms with Crippen molar-refractivity contribution in [1.29, 1.82) is 0 Å². The number of halogens is 2. The SMILES string of the molecule is CBr.CCl.c1ccc(Oc2ccc(C3OCCO3)cc2)cc1. The average molecular weight is 388 g/mol. The van der Waals surface area contributed by atoms with Gasteiger partial charge in [0.2, 0.25) is 0 Å². The summed E-state index contributed by atoms with van der Waals surface area (Å²) in [5.74, 6) is 3.45. The molecule has 0 radical (unpaired) electrons. The van der Waals surface area contributed by atoms with Crippen molar-refractivity contribution in [3.63, 3.8) is 0 Å². The molecule has 1 saturated heterocycles. The highest BCUT2D eigenvalue weighted by atomic mass is 79.9. The molecule has 120 valence electrons. The van der Waals surface area contributed by atoms with Gasteiger partial charge in [-0.2, -0.15) is 0 Å². The number of alkyl halides is 2. The summed E-state index contributed by atoms with van der Waals surface area (Å²) in [6.07, 6.45) is 1.25. The van der Waals surface area contributed by atoms with Crippen molar-refractivity contribution in [3.8, 4) is 11.5 Å². The van der Waals surface area contributed by atoms with Crippen LogP contribution in [0, 0.1) is 0 Å². The van der Waals surface area contributed by atoms with Crippen LogP contribution in [0.5, 0.6) is 11.5 Å². The Kier molecular flexibility index (Phi) is 9.91. The molecule has 0 saturated carbocycles. The first-order chi connectivity index (χ1) is 10.9. The molecule has 0 atom stereocenters. The summed E-state index contributed by atoms with van der Waals surface area (Å²) in [6, 6.07) is 17.5. The van der Waals surface area contributed by atoms with E-state index in [9.17, 15) is 0 Å². The van der Waals surface area contributed by atoms with Gasteiger partial charge in [0.25, 0.3) is 0 Å². The van der Waals surface area contributed by atoms with Gasteiger partial charge in [-0.15, -0.1) is 11.6 Å². The Morgan fingerprint density at radius 3 is 1.91 bits per heavy atom. The molecule has 0 aromatic heterocycles. The van der Waals surface area contributed by atoms with Gasteiger partial charge in [-0.05, 0) is 30.1 Å². The minimum atomic E-state index is -0.226. The number of hydrogen-bond acceptors (Lipinski definition) is 3. The predicted octanol–water partition coefficient (Wildman–Crippen LogP) is 5.39. The molecule has 1 aliphatic heterocycles. The zero-order valence-electron chi connectivity index (χ0n) is 12.7. The molecular formula is C17H20BrClO3. The molecule has 2 aromatic rings. The smallest absolute Gasteiger partial charge is 0.184 e. The van der Waals surface area contributed by atoms with Gasteiger partial charge in [0.05, 0.1) is 13.2 Å². The van der Waals surface area contributed by atoms with Gasteiger partial charge in [-0.25, -0.2) is 0 Å². The van der Waals surface area contributed by atoms with Gasteiger partial charge < -0.3 is 14.2 Å². The predicted molar refractivity (Wildman–Crippen MR) is 94.2 cm³/mol. The highest BCUT2D eigenvalue weighted by Crippen LogP contribution is 2.27. The Morgan fingerprint density at radius 2 is 1.36 bits per heavy atom. The quantitative estimate of drug-likeness (QED) is 0.661. The molecular weight excluding hydrogens is 368 g/mol. The second-order valence-electron chi connectivity index (χ2n) is 4.06. The lowest BCUT2D eigenvalue weighted by Gasteiger charge is -2.10. The van der Waals surface area contributed by atoms with Crippen molar-refractivity contribution in [1.82, 2.24) is 0 Å². The molecule has 0 aliphatic carbocycles. The summed E-state index contributed by atoms with van der Waals surface area (Å²) in [6.45, 7) is 1.32. The highest BCUT2D eigenvalue weighted by Gasteiger charge is 2.17. The number of benzene rings is 2. The molecule has 22 heavy (non-hydrogen) atoms. The maximum atomic E-state index is 5.71. The summed E-state index contributed by atoms with van der Waals surface area (Å²) >= 11 is 7.58. The van der Waals surface area contributed by atoms with Crippen molar-refractivity contribution in [2.24, 2.45) is 0 Å². The van der Waals surface area contributed by atoms with Crippen molar-refractivity contribution < 1.29 is 14.2 Å². The molecule has 5 heteroatoms. The van der Waals surface area contributed by atoms with E-state index in [1.165, 1.54) is 6.38 Å². The van der Waals surface area contributed by atoms with Gasteiger partial charge in [-0.1, -0.05) is 46.3 Å². The Labute approximate surface area is 145 Å². The molecule has 1 heterocycles. The van der Waals surface area contributed by atoms with E-state index < -0.39 is 0 Å². The van der Waals surface area contributed by atoms with Crippen LogP contribution in [0.15, 0.2) is 54.6 Å². The first kappa shape index (κ1) is 19.0. The topological polar surface area (TPSA) is 27.7 Å². The fraction of sp³-hybridized carbons (Fsp3) is 0.294. The summed E-state index contributed by atoms with van der Waals surface area (Å²) in [7, 11) is 0. The van der Waals surface area contributed by atoms with E-state index in [-0.39, 0.29) is 6.29 Å². The second-order valence-corrected chi connectivity index (χ2v) is 4.06. The number of para-hydroxylation sites is 1. The van der Waals surface area contributed by atoms with Crippen LogP contribution in [0.1, 0.15) is 11.9 Å².